The predicted octanol–water partition coefficient (Wildman–Crippen LogP) is 1.27. The molecule has 2 atom stereocenters. The Labute approximate surface area is 118 Å². The molecular weight excluding hydrogens is 276 g/mol. The summed E-state index contributed by atoms with van der Waals surface area (Å²) in [5.74, 6) is 0.372. The van der Waals surface area contributed by atoms with Gasteiger partial charge >= 0.3 is 0 Å². The van der Waals surface area contributed by atoms with Crippen LogP contribution in [0.3, 0.4) is 0 Å². The van der Waals surface area contributed by atoms with Gasteiger partial charge in [0.25, 0.3) is 5.91 Å². The van der Waals surface area contributed by atoms with E-state index in [2.05, 4.69) is 0 Å². The number of hydrogen-bond donors (Lipinski definition) is 1. The standard InChI is InChI=1S/C14H18N2O3S/c1-9-2-5-13(20(15,18)19)12(6-9)14(17)16-8-10-3-4-11(16)7-10/h2,5-6,10-11H,3-4,7-8H2,1H3,(H2,15,18,19). The number of nitrogens with two attached hydrogens (primary N) is 1. The molecule has 2 bridgehead atoms. The molecule has 20 heavy (non-hydrogen) atoms. The highest BCUT2D eigenvalue weighted by Gasteiger charge is 2.41. The third kappa shape index (κ3) is 2.23. The molecule has 0 spiro atoms. The lowest BCUT2D eigenvalue weighted by molar-refractivity contribution is 0.0699. The maximum atomic E-state index is 12.7. The van der Waals surface area contributed by atoms with Gasteiger partial charge in [-0.05, 0) is 44.2 Å². The van der Waals surface area contributed by atoms with E-state index in [1.807, 2.05) is 11.8 Å². The zero-order valence-electron chi connectivity index (χ0n) is 11.4. The lowest BCUT2D eigenvalue weighted by atomic mass is 10.1. The number of benzene rings is 1. The Hall–Kier alpha value is -1.40. The average molecular weight is 294 g/mol. The maximum absolute atomic E-state index is 12.7. The highest BCUT2D eigenvalue weighted by atomic mass is 32.2. The third-order valence-electron chi connectivity index (χ3n) is 4.34. The molecule has 6 heteroatoms. The largest absolute Gasteiger partial charge is 0.335 e. The van der Waals surface area contributed by atoms with Crippen LogP contribution in [0.4, 0.5) is 0 Å². The fourth-order valence-corrected chi connectivity index (χ4v) is 4.10. The highest BCUT2D eigenvalue weighted by molar-refractivity contribution is 7.89. The number of carbonyl (C=O) groups is 1. The maximum Gasteiger partial charge on any atom is 0.255 e. The molecular formula is C14H18N2O3S. The zero-order valence-corrected chi connectivity index (χ0v) is 12.2. The number of piperidine rings is 1. The molecule has 2 N–H and O–H groups in total. The fraction of sp³-hybridized carbons (Fsp3) is 0.500. The minimum absolute atomic E-state index is 0.0733. The minimum Gasteiger partial charge on any atom is -0.335 e. The van der Waals surface area contributed by atoms with E-state index in [0.29, 0.717) is 5.92 Å². The van der Waals surface area contributed by atoms with Gasteiger partial charge in [0.1, 0.15) is 0 Å². The molecule has 2 fully saturated rings. The number of sulfonamides is 1. The van der Waals surface area contributed by atoms with Crippen molar-refractivity contribution in [2.75, 3.05) is 6.54 Å². The van der Waals surface area contributed by atoms with E-state index in [9.17, 15) is 13.2 Å². The minimum atomic E-state index is -3.89. The van der Waals surface area contributed by atoms with Crippen molar-refractivity contribution in [3.05, 3.63) is 29.3 Å². The molecule has 1 saturated carbocycles. The van der Waals surface area contributed by atoms with Gasteiger partial charge < -0.3 is 4.90 Å². The van der Waals surface area contributed by atoms with Crippen LogP contribution >= 0.6 is 0 Å². The molecule has 0 aromatic heterocycles. The van der Waals surface area contributed by atoms with Crippen LogP contribution in [0.15, 0.2) is 23.1 Å². The Morgan fingerprint density at radius 2 is 2.10 bits per heavy atom. The van der Waals surface area contributed by atoms with Crippen molar-refractivity contribution in [1.82, 2.24) is 4.90 Å². The fourth-order valence-electron chi connectivity index (χ4n) is 3.39. The summed E-state index contributed by atoms with van der Waals surface area (Å²) < 4.78 is 23.3. The second-order valence-electron chi connectivity index (χ2n) is 5.84. The van der Waals surface area contributed by atoms with Crippen LogP contribution in [-0.4, -0.2) is 31.8 Å². The van der Waals surface area contributed by atoms with Crippen LogP contribution in [0.25, 0.3) is 0 Å². The molecule has 0 radical (unpaired) electrons. The van der Waals surface area contributed by atoms with Gasteiger partial charge in [-0.2, -0.15) is 0 Å². The van der Waals surface area contributed by atoms with Crippen LogP contribution < -0.4 is 5.14 Å². The molecule has 2 unspecified atom stereocenters. The normalized spacial score (nSPS) is 25.2. The van der Waals surface area contributed by atoms with Crippen LogP contribution in [0.2, 0.25) is 0 Å². The van der Waals surface area contributed by atoms with E-state index in [-0.39, 0.29) is 22.4 Å². The van der Waals surface area contributed by atoms with E-state index >= 15 is 0 Å². The van der Waals surface area contributed by atoms with E-state index < -0.39 is 10.0 Å². The quantitative estimate of drug-likeness (QED) is 0.892. The van der Waals surface area contributed by atoms with E-state index in [4.69, 9.17) is 5.14 Å². The summed E-state index contributed by atoms with van der Waals surface area (Å²) >= 11 is 0. The van der Waals surface area contributed by atoms with Crippen molar-refractivity contribution in [1.29, 1.82) is 0 Å². The summed E-state index contributed by atoms with van der Waals surface area (Å²) in [6.07, 6.45) is 3.24. The van der Waals surface area contributed by atoms with Gasteiger partial charge in [-0.25, -0.2) is 13.6 Å². The highest BCUT2D eigenvalue weighted by Crippen LogP contribution is 2.38. The van der Waals surface area contributed by atoms with Gasteiger partial charge in [0, 0.05) is 12.6 Å². The number of hydrogen-bond acceptors (Lipinski definition) is 3. The summed E-state index contributed by atoms with van der Waals surface area (Å²) in [4.78, 5) is 14.4. The Balaban J connectivity index is 2.01. The van der Waals surface area contributed by atoms with E-state index in [1.165, 1.54) is 12.5 Å². The summed E-state index contributed by atoms with van der Waals surface area (Å²) in [6, 6.07) is 4.97. The SMILES string of the molecule is Cc1ccc(S(N)(=O)=O)c(C(=O)N2CC3CCC2C3)c1. The van der Waals surface area contributed by atoms with Crippen molar-refractivity contribution in [2.45, 2.75) is 37.1 Å². The van der Waals surface area contributed by atoms with Crippen LogP contribution in [-0.2, 0) is 10.0 Å². The van der Waals surface area contributed by atoms with Gasteiger partial charge in [0.05, 0.1) is 10.5 Å². The van der Waals surface area contributed by atoms with E-state index in [0.717, 1.165) is 24.9 Å². The second kappa shape index (κ2) is 4.56. The molecule has 1 aromatic carbocycles. The lowest BCUT2D eigenvalue weighted by Crippen LogP contribution is -2.38. The van der Waals surface area contributed by atoms with Gasteiger partial charge in [0.15, 0.2) is 0 Å². The number of fused-ring (bicyclic) bond motifs is 2. The van der Waals surface area contributed by atoms with Gasteiger partial charge in [-0.15, -0.1) is 0 Å². The Morgan fingerprint density at radius 1 is 1.35 bits per heavy atom. The van der Waals surface area contributed by atoms with Crippen molar-refractivity contribution >= 4 is 15.9 Å². The molecule has 5 nitrogen and oxygen atoms in total. The first kappa shape index (κ1) is 13.6. The lowest BCUT2D eigenvalue weighted by Gasteiger charge is -2.27. The number of nitrogens with zero attached hydrogens (tertiary/aromatic N) is 1. The van der Waals surface area contributed by atoms with E-state index in [1.54, 1.807) is 12.1 Å². The first-order chi connectivity index (χ1) is 9.36. The Morgan fingerprint density at radius 3 is 2.65 bits per heavy atom. The molecule has 3 rings (SSSR count). The number of carbonyl (C=O) groups excluding carboxylic acids is 1. The van der Waals surface area contributed by atoms with Gasteiger partial charge in [0.2, 0.25) is 10.0 Å². The number of rotatable bonds is 2. The first-order valence-electron chi connectivity index (χ1n) is 6.80. The first-order valence-corrected chi connectivity index (χ1v) is 8.35. The summed E-state index contributed by atoms with van der Waals surface area (Å²) in [6.45, 7) is 2.57. The summed E-state index contributed by atoms with van der Waals surface area (Å²) in [7, 11) is -3.89. The molecule has 1 saturated heterocycles. The molecule has 1 heterocycles. The van der Waals surface area contributed by atoms with Crippen molar-refractivity contribution in [2.24, 2.45) is 11.1 Å². The zero-order chi connectivity index (χ0) is 14.5. The van der Waals surface area contributed by atoms with Crippen LogP contribution in [0.1, 0.15) is 35.2 Å². The molecule has 108 valence electrons. The average Bonchev–Trinajstić information content (AvgIpc) is 2.98. The molecule has 1 aliphatic heterocycles. The predicted molar refractivity (Wildman–Crippen MR) is 74.7 cm³/mol. The second-order valence-corrected chi connectivity index (χ2v) is 7.36. The molecule has 1 aliphatic carbocycles. The van der Waals surface area contributed by atoms with Crippen LogP contribution in [0, 0.1) is 12.8 Å². The number of likely N-dealkylation sites (tertiary alicyclic amines) is 1. The van der Waals surface area contributed by atoms with Crippen molar-refractivity contribution in [3.8, 4) is 0 Å². The van der Waals surface area contributed by atoms with Crippen molar-refractivity contribution in [3.63, 3.8) is 0 Å². The summed E-state index contributed by atoms with van der Waals surface area (Å²) in [5, 5.41) is 5.22. The number of aryl methyl sites for hydroxylation is 1. The molecule has 2 aliphatic rings. The number of primary sulfonamides is 1. The third-order valence-corrected chi connectivity index (χ3v) is 5.31. The monoisotopic (exact) mass is 294 g/mol. The number of amides is 1. The molecule has 1 aromatic rings. The molecule has 1 amide bonds. The smallest absolute Gasteiger partial charge is 0.255 e. The van der Waals surface area contributed by atoms with Crippen molar-refractivity contribution < 1.29 is 13.2 Å². The van der Waals surface area contributed by atoms with Crippen LogP contribution in [0.5, 0.6) is 0 Å². The Bertz CT molecular complexity index is 669. The topological polar surface area (TPSA) is 80.5 Å². The van der Waals surface area contributed by atoms with Gasteiger partial charge in [-0.1, -0.05) is 11.6 Å². The Kier molecular flexibility index (Phi) is 3.10. The summed E-state index contributed by atoms with van der Waals surface area (Å²) in [5.41, 5.74) is 1.06. The van der Waals surface area contributed by atoms with Gasteiger partial charge in [-0.3, -0.25) is 4.79 Å².